The van der Waals surface area contributed by atoms with E-state index in [0.29, 0.717) is 16.6 Å². The Morgan fingerprint density at radius 1 is 0.853 bits per heavy atom. The van der Waals surface area contributed by atoms with Crippen LogP contribution in [0.5, 0.6) is 0 Å². The van der Waals surface area contributed by atoms with E-state index >= 15 is 4.39 Å². The van der Waals surface area contributed by atoms with Crippen LogP contribution in [0.25, 0.3) is 11.1 Å². The molecule has 0 radical (unpaired) electrons. The Morgan fingerprint density at radius 2 is 1.59 bits per heavy atom. The minimum absolute atomic E-state index is 0.254. The van der Waals surface area contributed by atoms with Crippen molar-refractivity contribution in [3.05, 3.63) is 99.3 Å². The van der Waals surface area contributed by atoms with Crippen molar-refractivity contribution in [2.24, 2.45) is 0 Å². The standard InChI is InChI=1S/C30H32ClFN2/c1-20(2)33-15-17-34(18-16-33)24-10-7-22(8-11-24)30-27-6-4-5-21(3)25(27)13-14-28(30)26-12-9-23(31)19-29(26)32/h4-12,19-20H,13-18H2,1-3H3. The molecule has 3 aromatic carbocycles. The molecule has 0 bridgehead atoms. The summed E-state index contributed by atoms with van der Waals surface area (Å²) in [5.41, 5.74) is 9.13. The number of rotatable bonds is 4. The fraction of sp³-hybridized carbons (Fsp3) is 0.333. The first kappa shape index (κ1) is 23.1. The normalized spacial score (nSPS) is 16.8. The Hall–Kier alpha value is -2.62. The number of aryl methyl sites for hydroxylation is 1. The van der Waals surface area contributed by atoms with E-state index in [4.69, 9.17) is 11.6 Å². The molecule has 176 valence electrons. The van der Waals surface area contributed by atoms with Crippen LogP contribution in [0.15, 0.2) is 60.7 Å². The second kappa shape index (κ2) is 9.56. The van der Waals surface area contributed by atoms with Crippen molar-refractivity contribution in [2.75, 3.05) is 31.1 Å². The highest BCUT2D eigenvalue weighted by molar-refractivity contribution is 6.30. The summed E-state index contributed by atoms with van der Waals surface area (Å²) in [7, 11) is 0. The molecule has 0 N–H and O–H groups in total. The van der Waals surface area contributed by atoms with Gasteiger partial charge in [0, 0.05) is 48.5 Å². The molecule has 1 aliphatic carbocycles. The van der Waals surface area contributed by atoms with E-state index in [1.807, 2.05) is 6.07 Å². The minimum atomic E-state index is -0.254. The van der Waals surface area contributed by atoms with Crippen molar-refractivity contribution in [1.82, 2.24) is 4.90 Å². The molecular weight excluding hydrogens is 443 g/mol. The maximum Gasteiger partial charge on any atom is 0.132 e. The highest BCUT2D eigenvalue weighted by Gasteiger charge is 2.25. The molecule has 0 spiro atoms. The fourth-order valence-corrected chi connectivity index (χ4v) is 5.63. The van der Waals surface area contributed by atoms with E-state index in [1.165, 1.54) is 28.4 Å². The van der Waals surface area contributed by atoms with Gasteiger partial charge >= 0.3 is 0 Å². The molecule has 0 saturated carbocycles. The Morgan fingerprint density at radius 3 is 2.26 bits per heavy atom. The van der Waals surface area contributed by atoms with Crippen molar-refractivity contribution in [3.8, 4) is 0 Å². The summed E-state index contributed by atoms with van der Waals surface area (Å²) in [6.45, 7) is 11.0. The quantitative estimate of drug-likeness (QED) is 0.393. The van der Waals surface area contributed by atoms with Gasteiger partial charge in [0.25, 0.3) is 0 Å². The van der Waals surface area contributed by atoms with Gasteiger partial charge in [0.15, 0.2) is 0 Å². The number of nitrogens with zero attached hydrogens (tertiary/aromatic N) is 2. The number of fused-ring (bicyclic) bond motifs is 1. The molecule has 3 aromatic rings. The first-order valence-electron chi connectivity index (χ1n) is 12.3. The first-order chi connectivity index (χ1) is 16.4. The summed E-state index contributed by atoms with van der Waals surface area (Å²) in [5, 5.41) is 0.428. The van der Waals surface area contributed by atoms with E-state index < -0.39 is 0 Å². The van der Waals surface area contributed by atoms with Crippen LogP contribution in [0.1, 0.15) is 48.1 Å². The van der Waals surface area contributed by atoms with Crippen LogP contribution in [0.2, 0.25) is 5.02 Å². The molecule has 2 nitrogen and oxygen atoms in total. The Labute approximate surface area is 207 Å². The van der Waals surface area contributed by atoms with E-state index in [9.17, 15) is 0 Å². The van der Waals surface area contributed by atoms with E-state index in [2.05, 4.69) is 73.0 Å². The molecule has 0 atom stereocenters. The van der Waals surface area contributed by atoms with Crippen LogP contribution in [-0.2, 0) is 6.42 Å². The Bertz CT molecular complexity index is 1220. The van der Waals surface area contributed by atoms with Gasteiger partial charge in [-0.05, 0) is 91.3 Å². The number of benzene rings is 3. The lowest BCUT2D eigenvalue weighted by Crippen LogP contribution is -2.48. The SMILES string of the molecule is Cc1cccc2c1CCC(c1ccc(Cl)cc1F)=C2c1ccc(N2CCN(C(C)C)CC2)cc1. The zero-order valence-corrected chi connectivity index (χ0v) is 21.0. The molecule has 0 aromatic heterocycles. The summed E-state index contributed by atoms with van der Waals surface area (Å²) in [4.78, 5) is 5.00. The van der Waals surface area contributed by atoms with Gasteiger partial charge < -0.3 is 4.90 Å². The summed E-state index contributed by atoms with van der Waals surface area (Å²) in [6, 6.07) is 21.0. The third-order valence-electron chi connectivity index (χ3n) is 7.43. The molecule has 34 heavy (non-hydrogen) atoms. The molecule has 1 aliphatic heterocycles. The predicted octanol–water partition coefficient (Wildman–Crippen LogP) is 7.22. The van der Waals surface area contributed by atoms with Gasteiger partial charge in [0.2, 0.25) is 0 Å². The van der Waals surface area contributed by atoms with Crippen LogP contribution in [0.4, 0.5) is 10.1 Å². The third kappa shape index (κ3) is 4.39. The number of anilines is 1. The number of allylic oxidation sites excluding steroid dienone is 1. The van der Waals surface area contributed by atoms with Crippen LogP contribution in [0.3, 0.4) is 0 Å². The van der Waals surface area contributed by atoms with Crippen molar-refractivity contribution in [2.45, 2.75) is 39.7 Å². The van der Waals surface area contributed by atoms with Crippen molar-refractivity contribution in [1.29, 1.82) is 0 Å². The number of halogens is 2. The van der Waals surface area contributed by atoms with Crippen LogP contribution < -0.4 is 4.90 Å². The van der Waals surface area contributed by atoms with Crippen LogP contribution >= 0.6 is 11.6 Å². The Balaban J connectivity index is 1.55. The molecule has 0 amide bonds. The molecule has 4 heteroatoms. The molecule has 1 fully saturated rings. The maximum absolute atomic E-state index is 15.0. The topological polar surface area (TPSA) is 6.48 Å². The summed E-state index contributed by atoms with van der Waals surface area (Å²) in [6.07, 6.45) is 1.73. The molecular formula is C30H32ClFN2. The highest BCUT2D eigenvalue weighted by atomic mass is 35.5. The van der Waals surface area contributed by atoms with E-state index in [1.54, 1.807) is 6.07 Å². The van der Waals surface area contributed by atoms with Gasteiger partial charge in [-0.25, -0.2) is 4.39 Å². The van der Waals surface area contributed by atoms with Crippen molar-refractivity contribution in [3.63, 3.8) is 0 Å². The molecule has 2 aliphatic rings. The monoisotopic (exact) mass is 474 g/mol. The summed E-state index contributed by atoms with van der Waals surface area (Å²) >= 11 is 6.06. The molecule has 5 rings (SSSR count). The lowest BCUT2D eigenvalue weighted by atomic mass is 9.78. The van der Waals surface area contributed by atoms with Gasteiger partial charge in [-0.2, -0.15) is 0 Å². The lowest BCUT2D eigenvalue weighted by Gasteiger charge is -2.38. The summed E-state index contributed by atoms with van der Waals surface area (Å²) < 4.78 is 15.0. The van der Waals surface area contributed by atoms with Crippen molar-refractivity contribution < 1.29 is 4.39 Å². The minimum Gasteiger partial charge on any atom is -0.369 e. The molecule has 1 saturated heterocycles. The van der Waals surface area contributed by atoms with Gasteiger partial charge in [-0.15, -0.1) is 0 Å². The second-order valence-corrected chi connectivity index (χ2v) is 10.2. The molecule has 0 unspecified atom stereocenters. The van der Waals surface area contributed by atoms with Crippen molar-refractivity contribution >= 4 is 28.4 Å². The first-order valence-corrected chi connectivity index (χ1v) is 12.7. The molecule has 1 heterocycles. The predicted molar refractivity (Wildman–Crippen MR) is 142 cm³/mol. The summed E-state index contributed by atoms with van der Waals surface area (Å²) in [5.74, 6) is -0.254. The van der Waals surface area contributed by atoms with Crippen LogP contribution in [-0.4, -0.2) is 37.1 Å². The van der Waals surface area contributed by atoms with Gasteiger partial charge in [0.05, 0.1) is 0 Å². The average Bonchev–Trinajstić information content (AvgIpc) is 2.84. The third-order valence-corrected chi connectivity index (χ3v) is 7.66. The smallest absolute Gasteiger partial charge is 0.132 e. The zero-order chi connectivity index (χ0) is 23.8. The van der Waals surface area contributed by atoms with Crippen LogP contribution in [0, 0.1) is 12.7 Å². The highest BCUT2D eigenvalue weighted by Crippen LogP contribution is 2.43. The number of hydrogen-bond acceptors (Lipinski definition) is 2. The van der Waals surface area contributed by atoms with E-state index in [-0.39, 0.29) is 5.82 Å². The van der Waals surface area contributed by atoms with Gasteiger partial charge in [0.1, 0.15) is 5.82 Å². The fourth-order valence-electron chi connectivity index (χ4n) is 5.47. The average molecular weight is 475 g/mol. The van der Waals surface area contributed by atoms with E-state index in [0.717, 1.165) is 55.7 Å². The number of piperazine rings is 1. The van der Waals surface area contributed by atoms with Gasteiger partial charge in [-0.1, -0.05) is 48.0 Å². The maximum atomic E-state index is 15.0. The number of hydrogen-bond donors (Lipinski definition) is 0. The zero-order valence-electron chi connectivity index (χ0n) is 20.2. The lowest BCUT2D eigenvalue weighted by molar-refractivity contribution is 0.209. The second-order valence-electron chi connectivity index (χ2n) is 9.74. The Kier molecular flexibility index (Phi) is 6.50. The van der Waals surface area contributed by atoms with Gasteiger partial charge in [-0.3, -0.25) is 4.90 Å². The largest absolute Gasteiger partial charge is 0.369 e.